The quantitative estimate of drug-likeness (QED) is 0.916. The number of thioether (sulfide) groups is 1. The topological polar surface area (TPSA) is 29.1 Å². The van der Waals surface area contributed by atoms with Crippen LogP contribution in [0, 0.1) is 5.82 Å². The molecular formula is C19H20FNOS. The summed E-state index contributed by atoms with van der Waals surface area (Å²) in [6.45, 7) is 1.86. The van der Waals surface area contributed by atoms with Gasteiger partial charge in [-0.15, -0.1) is 0 Å². The van der Waals surface area contributed by atoms with Gasteiger partial charge in [0.2, 0.25) is 5.91 Å². The van der Waals surface area contributed by atoms with Crippen LogP contribution in [-0.2, 0) is 11.2 Å². The average Bonchev–Trinajstić information content (AvgIpc) is 2.91. The summed E-state index contributed by atoms with van der Waals surface area (Å²) in [7, 11) is 0. The molecule has 120 valence electrons. The lowest BCUT2D eigenvalue weighted by Gasteiger charge is -2.22. The molecule has 1 N–H and O–H groups in total. The highest BCUT2D eigenvalue weighted by Gasteiger charge is 2.33. The number of nitrogens with one attached hydrogen (secondary N) is 1. The zero-order chi connectivity index (χ0) is 16.4. The molecule has 4 heteroatoms. The third-order valence-corrected chi connectivity index (χ3v) is 5.60. The first-order valence-corrected chi connectivity index (χ1v) is 9.05. The van der Waals surface area contributed by atoms with Gasteiger partial charge in [-0.2, -0.15) is 11.8 Å². The van der Waals surface area contributed by atoms with E-state index in [0.29, 0.717) is 0 Å². The Kier molecular flexibility index (Phi) is 4.71. The summed E-state index contributed by atoms with van der Waals surface area (Å²) >= 11 is 1.77. The van der Waals surface area contributed by atoms with Crippen LogP contribution in [0.1, 0.15) is 34.8 Å². The number of halogens is 1. The molecule has 0 fully saturated rings. The molecule has 3 atom stereocenters. The van der Waals surface area contributed by atoms with Crippen LogP contribution in [0.25, 0.3) is 0 Å². The molecule has 0 heterocycles. The molecule has 23 heavy (non-hydrogen) atoms. The number of carbonyl (C=O) groups is 1. The van der Waals surface area contributed by atoms with Crippen LogP contribution in [-0.4, -0.2) is 18.2 Å². The van der Waals surface area contributed by atoms with Crippen LogP contribution in [0.3, 0.4) is 0 Å². The van der Waals surface area contributed by atoms with Crippen molar-refractivity contribution in [2.75, 3.05) is 6.26 Å². The maximum Gasteiger partial charge on any atom is 0.227 e. The molecule has 2 aromatic rings. The molecular weight excluding hydrogens is 309 g/mol. The number of hydrogen-bond acceptors (Lipinski definition) is 2. The van der Waals surface area contributed by atoms with Gasteiger partial charge in [0.25, 0.3) is 0 Å². The van der Waals surface area contributed by atoms with Crippen molar-refractivity contribution in [2.24, 2.45) is 0 Å². The van der Waals surface area contributed by atoms with Crippen LogP contribution in [0.5, 0.6) is 0 Å². The normalized spacial score (nSPS) is 20.8. The number of amides is 1. The Labute approximate surface area is 140 Å². The zero-order valence-electron chi connectivity index (χ0n) is 13.3. The molecule has 3 rings (SSSR count). The highest BCUT2D eigenvalue weighted by atomic mass is 32.2. The predicted molar refractivity (Wildman–Crippen MR) is 93.1 cm³/mol. The Balaban J connectivity index is 1.72. The Hall–Kier alpha value is -1.81. The van der Waals surface area contributed by atoms with Crippen molar-refractivity contribution >= 4 is 17.7 Å². The Morgan fingerprint density at radius 3 is 2.61 bits per heavy atom. The number of rotatable bonds is 4. The molecule has 0 aliphatic heterocycles. The second-order valence-electron chi connectivity index (χ2n) is 5.95. The van der Waals surface area contributed by atoms with Gasteiger partial charge in [-0.05, 0) is 48.4 Å². The van der Waals surface area contributed by atoms with Gasteiger partial charge in [-0.1, -0.05) is 36.4 Å². The van der Waals surface area contributed by atoms with Crippen LogP contribution < -0.4 is 5.32 Å². The minimum atomic E-state index is -0.290. The lowest BCUT2D eigenvalue weighted by atomic mass is 10.00. The van der Waals surface area contributed by atoms with E-state index in [0.717, 1.165) is 12.0 Å². The molecule has 2 nitrogen and oxygen atoms in total. The molecule has 0 saturated carbocycles. The Morgan fingerprint density at radius 2 is 1.91 bits per heavy atom. The van der Waals surface area contributed by atoms with Gasteiger partial charge < -0.3 is 5.32 Å². The van der Waals surface area contributed by atoms with Crippen molar-refractivity contribution in [1.82, 2.24) is 5.32 Å². The third kappa shape index (κ3) is 3.27. The van der Waals surface area contributed by atoms with Crippen molar-refractivity contribution < 1.29 is 9.18 Å². The molecule has 0 spiro atoms. The highest BCUT2D eigenvalue weighted by Crippen LogP contribution is 2.40. The summed E-state index contributed by atoms with van der Waals surface area (Å²) in [5.74, 6) is -0.578. The molecule has 1 aliphatic carbocycles. The van der Waals surface area contributed by atoms with E-state index in [2.05, 4.69) is 23.7 Å². The number of benzene rings is 2. The number of carbonyl (C=O) groups excluding carboxylic acids is 1. The monoisotopic (exact) mass is 329 g/mol. The molecule has 0 aromatic heterocycles. The number of fused-ring (bicyclic) bond motifs is 1. The van der Waals surface area contributed by atoms with Crippen LogP contribution in [0.15, 0.2) is 48.5 Å². The fourth-order valence-electron chi connectivity index (χ4n) is 3.19. The van der Waals surface area contributed by atoms with E-state index in [1.807, 2.05) is 19.1 Å². The average molecular weight is 329 g/mol. The van der Waals surface area contributed by atoms with Gasteiger partial charge in [0.1, 0.15) is 5.82 Å². The minimum absolute atomic E-state index is 0.00605. The molecule has 0 bridgehead atoms. The zero-order valence-corrected chi connectivity index (χ0v) is 14.1. The van der Waals surface area contributed by atoms with Gasteiger partial charge in [0, 0.05) is 6.04 Å². The van der Waals surface area contributed by atoms with Crippen LogP contribution >= 0.6 is 11.8 Å². The minimum Gasteiger partial charge on any atom is -0.351 e. The van der Waals surface area contributed by atoms with E-state index in [-0.39, 0.29) is 28.9 Å². The van der Waals surface area contributed by atoms with E-state index in [4.69, 9.17) is 0 Å². The molecule has 0 saturated heterocycles. The van der Waals surface area contributed by atoms with Gasteiger partial charge in [0.05, 0.1) is 11.2 Å². The van der Waals surface area contributed by atoms with Gasteiger partial charge in [-0.25, -0.2) is 4.39 Å². The van der Waals surface area contributed by atoms with E-state index in [9.17, 15) is 9.18 Å². The van der Waals surface area contributed by atoms with Crippen molar-refractivity contribution in [3.05, 3.63) is 71.0 Å². The van der Waals surface area contributed by atoms with Crippen molar-refractivity contribution in [1.29, 1.82) is 0 Å². The van der Waals surface area contributed by atoms with Crippen molar-refractivity contribution in [3.8, 4) is 0 Å². The number of hydrogen-bond donors (Lipinski definition) is 1. The first kappa shape index (κ1) is 16.1. The molecule has 1 amide bonds. The summed E-state index contributed by atoms with van der Waals surface area (Å²) in [6, 6.07) is 14.6. The third-order valence-electron chi connectivity index (χ3n) is 4.51. The summed E-state index contributed by atoms with van der Waals surface area (Å²) in [5.41, 5.74) is 3.46. The second-order valence-corrected chi connectivity index (χ2v) is 6.93. The van der Waals surface area contributed by atoms with Crippen LogP contribution in [0.2, 0.25) is 0 Å². The smallest absolute Gasteiger partial charge is 0.227 e. The maximum absolute atomic E-state index is 13.0. The second kappa shape index (κ2) is 6.75. The first-order valence-electron chi connectivity index (χ1n) is 7.76. The lowest BCUT2D eigenvalue weighted by molar-refractivity contribution is -0.122. The first-order chi connectivity index (χ1) is 11.1. The SMILES string of the molecule is CSC1c2ccccc2C[C@@H]1NC(=O)C(C)c1ccc(F)cc1. The van der Waals surface area contributed by atoms with Gasteiger partial charge >= 0.3 is 0 Å². The lowest BCUT2D eigenvalue weighted by Crippen LogP contribution is -2.39. The van der Waals surface area contributed by atoms with Gasteiger partial charge in [0.15, 0.2) is 0 Å². The molecule has 1 aliphatic rings. The van der Waals surface area contributed by atoms with Crippen molar-refractivity contribution in [2.45, 2.75) is 30.6 Å². The van der Waals surface area contributed by atoms with E-state index < -0.39 is 0 Å². The molecule has 2 unspecified atom stereocenters. The largest absolute Gasteiger partial charge is 0.351 e. The predicted octanol–water partition coefficient (Wildman–Crippen LogP) is 4.07. The Morgan fingerprint density at radius 1 is 1.22 bits per heavy atom. The van der Waals surface area contributed by atoms with Crippen molar-refractivity contribution in [3.63, 3.8) is 0 Å². The van der Waals surface area contributed by atoms with E-state index in [1.165, 1.54) is 23.3 Å². The summed E-state index contributed by atoms with van der Waals surface area (Å²) in [6.07, 6.45) is 2.94. The Bertz CT molecular complexity index is 701. The molecule has 0 radical (unpaired) electrons. The standard InChI is InChI=1S/C19H20FNOS/c1-12(13-7-9-15(20)10-8-13)19(22)21-17-11-14-5-3-4-6-16(14)18(17)23-2/h3-10,12,17-18H,11H2,1-2H3,(H,21,22)/t12?,17-,18?/m0/s1. The maximum atomic E-state index is 13.0. The van der Waals surface area contributed by atoms with E-state index >= 15 is 0 Å². The summed E-state index contributed by atoms with van der Waals surface area (Å²) in [5, 5.41) is 3.47. The summed E-state index contributed by atoms with van der Waals surface area (Å²) < 4.78 is 13.0. The van der Waals surface area contributed by atoms with Gasteiger partial charge in [-0.3, -0.25) is 4.79 Å². The fraction of sp³-hybridized carbons (Fsp3) is 0.316. The summed E-state index contributed by atoms with van der Waals surface area (Å²) in [4.78, 5) is 12.6. The fourth-order valence-corrected chi connectivity index (χ4v) is 4.16. The van der Waals surface area contributed by atoms with Crippen LogP contribution in [0.4, 0.5) is 4.39 Å². The highest BCUT2D eigenvalue weighted by molar-refractivity contribution is 7.98. The van der Waals surface area contributed by atoms with E-state index in [1.54, 1.807) is 23.9 Å². The molecule has 2 aromatic carbocycles.